The molecule has 0 unspecified atom stereocenters. The quantitative estimate of drug-likeness (QED) is 0.825. The molecule has 0 amide bonds. The maximum absolute atomic E-state index is 12.7. The number of carbonyl (C=O) groups excluding carboxylic acids is 1. The summed E-state index contributed by atoms with van der Waals surface area (Å²) in [6.07, 6.45) is -0.929. The van der Waals surface area contributed by atoms with Crippen LogP contribution in [0, 0.1) is 11.2 Å². The third kappa shape index (κ3) is 4.15. The molecule has 1 aromatic rings. The second-order valence-corrected chi connectivity index (χ2v) is 4.92. The number of ether oxygens (including phenoxy) is 1. The first-order valence-electron chi connectivity index (χ1n) is 5.41. The molecule has 0 radical (unpaired) electrons. The van der Waals surface area contributed by atoms with Crippen LogP contribution >= 0.6 is 0 Å². The minimum Gasteiger partial charge on any atom is -0.462 e. The fraction of sp³-hybridized carbons (Fsp3) is 0.462. The van der Waals surface area contributed by atoms with Crippen LogP contribution in [0.2, 0.25) is 0 Å². The van der Waals surface area contributed by atoms with E-state index in [0.29, 0.717) is 5.56 Å². The number of aliphatic hydroxyl groups is 1. The standard InChI is InChI=1S/C13H17FO3/c1-13(2,3)12(16)17-8-11(15)9-4-6-10(14)7-5-9/h4-7,11,15H,8H2,1-3H3/t11-/m0/s1. The van der Waals surface area contributed by atoms with Crippen molar-refractivity contribution in [1.82, 2.24) is 0 Å². The van der Waals surface area contributed by atoms with Gasteiger partial charge in [-0.05, 0) is 38.5 Å². The van der Waals surface area contributed by atoms with Crippen LogP contribution in [0.1, 0.15) is 32.4 Å². The molecule has 1 atom stereocenters. The van der Waals surface area contributed by atoms with Crippen molar-refractivity contribution >= 4 is 5.97 Å². The lowest BCUT2D eigenvalue weighted by Crippen LogP contribution is -2.25. The first-order chi connectivity index (χ1) is 7.80. The van der Waals surface area contributed by atoms with Crippen LogP contribution in [-0.2, 0) is 9.53 Å². The van der Waals surface area contributed by atoms with Crippen molar-refractivity contribution in [2.24, 2.45) is 5.41 Å². The molecule has 17 heavy (non-hydrogen) atoms. The van der Waals surface area contributed by atoms with E-state index in [-0.39, 0.29) is 18.4 Å². The van der Waals surface area contributed by atoms with Crippen molar-refractivity contribution in [3.8, 4) is 0 Å². The van der Waals surface area contributed by atoms with Gasteiger partial charge in [-0.15, -0.1) is 0 Å². The van der Waals surface area contributed by atoms with E-state index in [0.717, 1.165) is 0 Å². The zero-order chi connectivity index (χ0) is 13.1. The number of benzene rings is 1. The largest absolute Gasteiger partial charge is 0.462 e. The number of hydrogen-bond donors (Lipinski definition) is 1. The Hall–Kier alpha value is -1.42. The van der Waals surface area contributed by atoms with Gasteiger partial charge < -0.3 is 9.84 Å². The van der Waals surface area contributed by atoms with E-state index < -0.39 is 11.5 Å². The number of aliphatic hydroxyl groups excluding tert-OH is 1. The highest BCUT2D eigenvalue weighted by atomic mass is 19.1. The minimum absolute atomic E-state index is 0.123. The Balaban J connectivity index is 2.53. The van der Waals surface area contributed by atoms with Crippen LogP contribution in [0.4, 0.5) is 4.39 Å². The molecule has 0 saturated carbocycles. The van der Waals surface area contributed by atoms with Crippen LogP contribution in [0.25, 0.3) is 0 Å². The van der Waals surface area contributed by atoms with Gasteiger partial charge in [0.1, 0.15) is 18.5 Å². The molecule has 1 N–H and O–H groups in total. The van der Waals surface area contributed by atoms with Crippen molar-refractivity contribution in [1.29, 1.82) is 0 Å². The predicted molar refractivity (Wildman–Crippen MR) is 61.8 cm³/mol. The zero-order valence-electron chi connectivity index (χ0n) is 10.2. The average Bonchev–Trinajstić information content (AvgIpc) is 2.25. The van der Waals surface area contributed by atoms with Gasteiger partial charge in [0.2, 0.25) is 0 Å². The summed E-state index contributed by atoms with van der Waals surface area (Å²) in [7, 11) is 0. The van der Waals surface area contributed by atoms with E-state index in [2.05, 4.69) is 0 Å². The van der Waals surface area contributed by atoms with Crippen molar-refractivity contribution in [2.45, 2.75) is 26.9 Å². The molecule has 0 aliphatic rings. The Kier molecular flexibility index (Phi) is 4.23. The Labute approximate surface area is 100 Å². The molecule has 0 bridgehead atoms. The van der Waals surface area contributed by atoms with Crippen LogP contribution in [0.5, 0.6) is 0 Å². The fourth-order valence-corrected chi connectivity index (χ4v) is 1.15. The molecule has 0 spiro atoms. The summed E-state index contributed by atoms with van der Waals surface area (Å²) < 4.78 is 17.6. The highest BCUT2D eigenvalue weighted by Gasteiger charge is 2.24. The number of carbonyl (C=O) groups is 1. The number of halogens is 1. The van der Waals surface area contributed by atoms with Gasteiger partial charge in [0.25, 0.3) is 0 Å². The molecule has 0 heterocycles. The minimum atomic E-state index is -0.929. The van der Waals surface area contributed by atoms with Crippen LogP contribution in [0.15, 0.2) is 24.3 Å². The molecule has 1 rings (SSSR count). The summed E-state index contributed by atoms with van der Waals surface area (Å²) in [5, 5.41) is 9.73. The SMILES string of the molecule is CC(C)(C)C(=O)OC[C@H](O)c1ccc(F)cc1. The molecule has 1 aromatic carbocycles. The van der Waals surface area contributed by atoms with Crippen LogP contribution in [0.3, 0.4) is 0 Å². The lowest BCUT2D eigenvalue weighted by molar-refractivity contribution is -0.156. The summed E-state index contributed by atoms with van der Waals surface area (Å²) in [5.74, 6) is -0.744. The Morgan fingerprint density at radius 3 is 2.35 bits per heavy atom. The lowest BCUT2D eigenvalue weighted by atomic mass is 9.97. The van der Waals surface area contributed by atoms with Gasteiger partial charge in [-0.25, -0.2) is 4.39 Å². The van der Waals surface area contributed by atoms with E-state index in [9.17, 15) is 14.3 Å². The van der Waals surface area contributed by atoms with Crippen molar-refractivity contribution in [3.05, 3.63) is 35.6 Å². The summed E-state index contributed by atoms with van der Waals surface area (Å²) in [6.45, 7) is 5.08. The van der Waals surface area contributed by atoms with Crippen LogP contribution < -0.4 is 0 Å². The summed E-state index contributed by atoms with van der Waals surface area (Å²) >= 11 is 0. The predicted octanol–water partition coefficient (Wildman–Crippen LogP) is 2.45. The Bertz CT molecular complexity index is 379. The molecule has 94 valence electrons. The van der Waals surface area contributed by atoms with Gasteiger partial charge in [0.05, 0.1) is 5.41 Å². The molecule has 0 saturated heterocycles. The third-order valence-electron chi connectivity index (χ3n) is 2.24. The summed E-state index contributed by atoms with van der Waals surface area (Å²) in [6, 6.07) is 5.43. The average molecular weight is 240 g/mol. The summed E-state index contributed by atoms with van der Waals surface area (Å²) in [5.41, 5.74) is -0.0733. The molecule has 0 fully saturated rings. The Morgan fingerprint density at radius 2 is 1.88 bits per heavy atom. The smallest absolute Gasteiger partial charge is 0.311 e. The van der Waals surface area contributed by atoms with Gasteiger partial charge in [-0.3, -0.25) is 4.79 Å². The maximum atomic E-state index is 12.7. The fourth-order valence-electron chi connectivity index (χ4n) is 1.15. The highest BCUT2D eigenvalue weighted by molar-refractivity contribution is 5.75. The third-order valence-corrected chi connectivity index (χ3v) is 2.24. The molecular weight excluding hydrogens is 223 g/mol. The van der Waals surface area contributed by atoms with E-state index in [1.807, 2.05) is 0 Å². The molecular formula is C13H17FO3. The molecule has 0 aromatic heterocycles. The zero-order valence-corrected chi connectivity index (χ0v) is 10.2. The monoisotopic (exact) mass is 240 g/mol. The van der Waals surface area contributed by atoms with Gasteiger partial charge in [-0.2, -0.15) is 0 Å². The normalized spacial score (nSPS) is 13.2. The molecule has 0 aliphatic carbocycles. The molecule has 0 aliphatic heterocycles. The molecule has 4 heteroatoms. The van der Waals surface area contributed by atoms with Gasteiger partial charge >= 0.3 is 5.97 Å². The van der Waals surface area contributed by atoms with E-state index in [1.165, 1.54) is 24.3 Å². The van der Waals surface area contributed by atoms with Crippen molar-refractivity contribution < 1.29 is 19.0 Å². The van der Waals surface area contributed by atoms with Crippen LogP contribution in [-0.4, -0.2) is 17.7 Å². The summed E-state index contributed by atoms with van der Waals surface area (Å²) in [4.78, 5) is 11.5. The second kappa shape index (κ2) is 5.27. The topological polar surface area (TPSA) is 46.5 Å². The van der Waals surface area contributed by atoms with Crippen molar-refractivity contribution in [3.63, 3.8) is 0 Å². The van der Waals surface area contributed by atoms with E-state index in [1.54, 1.807) is 20.8 Å². The maximum Gasteiger partial charge on any atom is 0.311 e. The second-order valence-electron chi connectivity index (χ2n) is 4.92. The number of rotatable bonds is 3. The highest BCUT2D eigenvalue weighted by Crippen LogP contribution is 2.18. The lowest BCUT2D eigenvalue weighted by Gasteiger charge is -2.18. The number of hydrogen-bond acceptors (Lipinski definition) is 3. The first kappa shape index (κ1) is 13.6. The van der Waals surface area contributed by atoms with Gasteiger partial charge in [0.15, 0.2) is 0 Å². The molecule has 3 nitrogen and oxygen atoms in total. The van der Waals surface area contributed by atoms with Gasteiger partial charge in [0, 0.05) is 0 Å². The Morgan fingerprint density at radius 1 is 1.35 bits per heavy atom. The first-order valence-corrected chi connectivity index (χ1v) is 5.41. The van der Waals surface area contributed by atoms with E-state index in [4.69, 9.17) is 4.74 Å². The van der Waals surface area contributed by atoms with E-state index >= 15 is 0 Å². The number of esters is 1. The van der Waals surface area contributed by atoms with Gasteiger partial charge in [-0.1, -0.05) is 12.1 Å². The van der Waals surface area contributed by atoms with Crippen molar-refractivity contribution in [2.75, 3.05) is 6.61 Å².